The Bertz CT molecular complexity index is 1380. The number of carbonyl (C=O) groups is 2. The molecule has 168 valence electrons. The molecule has 1 heterocycles. The van der Waals surface area contributed by atoms with Gasteiger partial charge < -0.3 is 20.7 Å². The van der Waals surface area contributed by atoms with Crippen molar-refractivity contribution in [2.24, 2.45) is 0 Å². The largest absolute Gasteiger partial charge is 0.497 e. The van der Waals surface area contributed by atoms with Crippen LogP contribution >= 0.6 is 0 Å². The molecule has 4 rings (SSSR count). The number of para-hydroxylation sites is 1. The highest BCUT2D eigenvalue weighted by Crippen LogP contribution is 2.41. The molecule has 3 aromatic rings. The van der Waals surface area contributed by atoms with E-state index in [0.717, 1.165) is 0 Å². The van der Waals surface area contributed by atoms with Gasteiger partial charge in [0.15, 0.2) is 4.91 Å². The molecule has 0 saturated carbocycles. The second-order valence-corrected chi connectivity index (χ2v) is 9.10. The van der Waals surface area contributed by atoms with Gasteiger partial charge in [-0.25, -0.2) is 8.42 Å². The van der Waals surface area contributed by atoms with Gasteiger partial charge in [-0.3, -0.25) is 9.59 Å². The Hall–Kier alpha value is -4.11. The minimum absolute atomic E-state index is 0.0229. The van der Waals surface area contributed by atoms with Crippen LogP contribution in [0.1, 0.15) is 12.5 Å². The van der Waals surface area contributed by atoms with Gasteiger partial charge in [-0.2, -0.15) is 0 Å². The second kappa shape index (κ2) is 8.79. The van der Waals surface area contributed by atoms with Gasteiger partial charge in [0.2, 0.25) is 15.7 Å². The number of benzene rings is 3. The van der Waals surface area contributed by atoms with E-state index in [2.05, 4.69) is 16.0 Å². The van der Waals surface area contributed by atoms with Crippen molar-refractivity contribution in [2.45, 2.75) is 11.8 Å². The van der Waals surface area contributed by atoms with E-state index in [1.807, 2.05) is 0 Å². The summed E-state index contributed by atoms with van der Waals surface area (Å²) >= 11 is 0. The number of methoxy groups -OCH3 is 1. The van der Waals surface area contributed by atoms with Gasteiger partial charge in [0.1, 0.15) is 5.75 Å². The van der Waals surface area contributed by atoms with Crippen molar-refractivity contribution < 1.29 is 22.7 Å². The van der Waals surface area contributed by atoms with E-state index in [1.54, 1.807) is 66.7 Å². The first-order chi connectivity index (χ1) is 15.8. The maximum Gasteiger partial charge on any atom is 0.269 e. The van der Waals surface area contributed by atoms with E-state index in [9.17, 15) is 18.0 Å². The Labute approximate surface area is 191 Å². The number of hydrogen-bond acceptors (Lipinski definition) is 6. The molecule has 0 radical (unpaired) electrons. The standard InChI is InChI=1S/C24H21N3O5S/c1-15(28)25-19-13-12-17(32-2)14-20(19)27-22-18-10-6-7-11-21(18)33(30,31)23(22)24(29)26-16-8-4-3-5-9-16/h3-14,27H,1-2H3,(H,25,28)(H,26,29). The first-order valence-corrected chi connectivity index (χ1v) is 11.5. The summed E-state index contributed by atoms with van der Waals surface area (Å²) in [6.45, 7) is 1.36. The normalized spacial score (nSPS) is 13.8. The molecule has 1 aliphatic heterocycles. The van der Waals surface area contributed by atoms with E-state index >= 15 is 0 Å². The van der Waals surface area contributed by atoms with Gasteiger partial charge in [0.25, 0.3) is 5.91 Å². The van der Waals surface area contributed by atoms with E-state index in [1.165, 1.54) is 20.1 Å². The van der Waals surface area contributed by atoms with Crippen molar-refractivity contribution in [3.05, 3.63) is 83.3 Å². The minimum Gasteiger partial charge on any atom is -0.497 e. The van der Waals surface area contributed by atoms with Crippen molar-refractivity contribution >= 4 is 44.4 Å². The van der Waals surface area contributed by atoms with Crippen LogP contribution < -0.4 is 20.7 Å². The number of fused-ring (bicyclic) bond motifs is 1. The van der Waals surface area contributed by atoms with Gasteiger partial charge in [-0.05, 0) is 30.3 Å². The van der Waals surface area contributed by atoms with E-state index in [-0.39, 0.29) is 16.5 Å². The van der Waals surface area contributed by atoms with Crippen LogP contribution in [0.15, 0.2) is 82.6 Å². The molecule has 3 aromatic carbocycles. The molecule has 0 bridgehead atoms. The molecule has 0 unspecified atom stereocenters. The number of sulfone groups is 1. The Morgan fingerprint density at radius 1 is 0.848 bits per heavy atom. The zero-order valence-corrected chi connectivity index (χ0v) is 18.7. The number of nitrogens with one attached hydrogen (secondary N) is 3. The predicted molar refractivity (Wildman–Crippen MR) is 127 cm³/mol. The SMILES string of the molecule is COc1ccc(NC(C)=O)c(NC2=C(C(=O)Nc3ccccc3)S(=O)(=O)c3ccccc32)c1. The van der Waals surface area contributed by atoms with Gasteiger partial charge in [0, 0.05) is 24.2 Å². The van der Waals surface area contributed by atoms with Crippen LogP contribution in [-0.2, 0) is 19.4 Å². The lowest BCUT2D eigenvalue weighted by molar-refractivity contribution is -0.114. The fraction of sp³-hybridized carbons (Fsp3) is 0.0833. The highest BCUT2D eigenvalue weighted by molar-refractivity contribution is 7.97. The fourth-order valence-electron chi connectivity index (χ4n) is 3.53. The molecule has 8 nitrogen and oxygen atoms in total. The summed E-state index contributed by atoms with van der Waals surface area (Å²) in [6, 6.07) is 19.8. The first kappa shape index (κ1) is 22.1. The molecule has 1 aliphatic rings. The molecule has 0 atom stereocenters. The zero-order valence-electron chi connectivity index (χ0n) is 17.9. The smallest absolute Gasteiger partial charge is 0.269 e. The molecule has 0 fully saturated rings. The Kier molecular flexibility index (Phi) is 5.89. The third kappa shape index (κ3) is 4.31. The number of ether oxygens (including phenoxy) is 1. The molecule has 33 heavy (non-hydrogen) atoms. The molecule has 0 aromatic heterocycles. The minimum atomic E-state index is -4.10. The summed E-state index contributed by atoms with van der Waals surface area (Å²) in [5.41, 5.74) is 1.70. The van der Waals surface area contributed by atoms with Crippen molar-refractivity contribution in [2.75, 3.05) is 23.1 Å². The number of rotatable bonds is 6. The summed E-state index contributed by atoms with van der Waals surface area (Å²) in [4.78, 5) is 24.5. The van der Waals surface area contributed by atoms with Crippen LogP contribution in [0, 0.1) is 0 Å². The van der Waals surface area contributed by atoms with Crippen LogP contribution in [0.4, 0.5) is 17.1 Å². The summed E-state index contributed by atoms with van der Waals surface area (Å²) < 4.78 is 32.0. The second-order valence-electron chi connectivity index (χ2n) is 7.24. The summed E-state index contributed by atoms with van der Waals surface area (Å²) in [5, 5.41) is 8.41. The Morgan fingerprint density at radius 3 is 2.24 bits per heavy atom. The maximum atomic E-state index is 13.3. The fourth-order valence-corrected chi connectivity index (χ4v) is 5.19. The van der Waals surface area contributed by atoms with Crippen molar-refractivity contribution in [1.82, 2.24) is 0 Å². The predicted octanol–water partition coefficient (Wildman–Crippen LogP) is 3.86. The highest BCUT2D eigenvalue weighted by atomic mass is 32.2. The monoisotopic (exact) mass is 463 g/mol. The Morgan fingerprint density at radius 2 is 1.55 bits per heavy atom. The zero-order chi connectivity index (χ0) is 23.6. The summed E-state index contributed by atoms with van der Waals surface area (Å²) in [6.07, 6.45) is 0. The molecule has 2 amide bonds. The van der Waals surface area contributed by atoms with Gasteiger partial charge in [-0.1, -0.05) is 36.4 Å². The third-order valence-electron chi connectivity index (χ3n) is 4.98. The Balaban J connectivity index is 1.86. The number of anilines is 3. The van der Waals surface area contributed by atoms with Crippen LogP contribution in [0.5, 0.6) is 5.75 Å². The molecular formula is C24H21N3O5S. The van der Waals surface area contributed by atoms with E-state index < -0.39 is 20.6 Å². The van der Waals surface area contributed by atoms with Crippen LogP contribution in [0.25, 0.3) is 5.70 Å². The first-order valence-electron chi connectivity index (χ1n) is 9.99. The van der Waals surface area contributed by atoms with Gasteiger partial charge in [-0.15, -0.1) is 0 Å². The number of amides is 2. The summed E-state index contributed by atoms with van der Waals surface area (Å²) in [5.74, 6) is -0.598. The van der Waals surface area contributed by atoms with Crippen molar-refractivity contribution in [1.29, 1.82) is 0 Å². The molecule has 9 heteroatoms. The molecule has 0 aliphatic carbocycles. The molecule has 0 saturated heterocycles. The average Bonchev–Trinajstić information content (AvgIpc) is 3.02. The van der Waals surface area contributed by atoms with E-state index in [4.69, 9.17) is 4.74 Å². The van der Waals surface area contributed by atoms with E-state index in [0.29, 0.717) is 28.4 Å². The molecular weight excluding hydrogens is 442 g/mol. The van der Waals surface area contributed by atoms with Crippen LogP contribution in [0.2, 0.25) is 0 Å². The third-order valence-corrected chi connectivity index (χ3v) is 6.84. The lowest BCUT2D eigenvalue weighted by atomic mass is 10.1. The lowest BCUT2D eigenvalue weighted by Crippen LogP contribution is -2.20. The quantitative estimate of drug-likeness (QED) is 0.512. The van der Waals surface area contributed by atoms with Gasteiger partial charge in [0.05, 0.1) is 29.1 Å². The van der Waals surface area contributed by atoms with Gasteiger partial charge >= 0.3 is 0 Å². The highest BCUT2D eigenvalue weighted by Gasteiger charge is 2.40. The maximum absolute atomic E-state index is 13.3. The molecule has 3 N–H and O–H groups in total. The lowest BCUT2D eigenvalue weighted by Gasteiger charge is -2.16. The topological polar surface area (TPSA) is 114 Å². The van der Waals surface area contributed by atoms with Crippen LogP contribution in [0.3, 0.4) is 0 Å². The summed E-state index contributed by atoms with van der Waals surface area (Å²) in [7, 11) is -2.61. The average molecular weight is 464 g/mol. The molecule has 0 spiro atoms. The number of hydrogen-bond donors (Lipinski definition) is 3. The number of carbonyl (C=O) groups excluding carboxylic acids is 2. The van der Waals surface area contributed by atoms with Crippen molar-refractivity contribution in [3.8, 4) is 5.75 Å². The van der Waals surface area contributed by atoms with Crippen molar-refractivity contribution in [3.63, 3.8) is 0 Å². The van der Waals surface area contributed by atoms with Crippen LogP contribution in [-0.4, -0.2) is 27.3 Å².